The van der Waals surface area contributed by atoms with Crippen LogP contribution in [0.1, 0.15) is 0 Å². The minimum Gasteiger partial charge on any atom is -0.744 e. The third-order valence-corrected chi connectivity index (χ3v) is 2.80. The summed E-state index contributed by atoms with van der Waals surface area (Å²) in [6.07, 6.45) is 0. The van der Waals surface area contributed by atoms with E-state index >= 15 is 0 Å². The fourth-order valence-electron chi connectivity index (χ4n) is 0.142. The first-order chi connectivity index (χ1) is 4.50. The van der Waals surface area contributed by atoms with Crippen LogP contribution in [-0.4, -0.2) is 22.8 Å². The van der Waals surface area contributed by atoms with Gasteiger partial charge < -0.3 is 4.55 Å². The molecule has 11 heavy (non-hydrogen) atoms. The molecule has 0 radical (unpaired) electrons. The molecule has 1 unspecified atom stereocenters. The van der Waals surface area contributed by atoms with Crippen LogP contribution >= 0.6 is 23.2 Å². The molecule has 68 valence electrons. The Morgan fingerprint density at radius 3 is 1.45 bits per heavy atom. The molecule has 0 fully saturated rings. The van der Waals surface area contributed by atoms with Crippen molar-refractivity contribution in [2.45, 2.75) is 9.84 Å². The molecule has 0 amide bonds. The van der Waals surface area contributed by atoms with Crippen molar-refractivity contribution in [3.05, 3.63) is 0 Å². The fraction of sp³-hybridized carbons (Fsp3) is 1.00. The normalized spacial score (nSPS) is 19.5. The molecule has 1 atom stereocenters. The third-order valence-electron chi connectivity index (χ3n) is 0.644. The molecule has 3 nitrogen and oxygen atoms in total. The molecule has 0 saturated heterocycles. The summed E-state index contributed by atoms with van der Waals surface area (Å²) in [7, 11) is -5.99. The summed E-state index contributed by atoms with van der Waals surface area (Å²) in [6, 6.07) is 0. The standard InChI is InChI=1S/C2HCl2F3O3S/c3-1(5,6)2(4,7)11(8,9)10/h(H,8,9,10)/p-1. The average molecular weight is 232 g/mol. The predicted octanol–water partition coefficient (Wildman–Crippen LogP) is 1.23. The summed E-state index contributed by atoms with van der Waals surface area (Å²) in [5.41, 5.74) is 0. The molecule has 0 rings (SSSR count). The van der Waals surface area contributed by atoms with Gasteiger partial charge in [0.05, 0.1) is 0 Å². The van der Waals surface area contributed by atoms with Gasteiger partial charge in [-0.05, 0) is 11.6 Å². The summed E-state index contributed by atoms with van der Waals surface area (Å²) >= 11 is 7.93. The first-order valence-electron chi connectivity index (χ1n) is 1.90. The van der Waals surface area contributed by atoms with E-state index in [0.717, 1.165) is 0 Å². The van der Waals surface area contributed by atoms with Crippen molar-refractivity contribution in [2.75, 3.05) is 0 Å². The molecule has 0 bridgehead atoms. The molecule has 0 aromatic heterocycles. The van der Waals surface area contributed by atoms with E-state index in [2.05, 4.69) is 23.2 Å². The number of hydrogen-bond acceptors (Lipinski definition) is 3. The van der Waals surface area contributed by atoms with Gasteiger partial charge in [-0.1, -0.05) is 11.6 Å². The molecule has 0 heterocycles. The Morgan fingerprint density at radius 2 is 1.45 bits per heavy atom. The predicted molar refractivity (Wildman–Crippen MR) is 30.2 cm³/mol. The van der Waals surface area contributed by atoms with Gasteiger partial charge in [0.25, 0.3) is 0 Å². The van der Waals surface area contributed by atoms with Gasteiger partial charge in [0, 0.05) is 0 Å². The van der Waals surface area contributed by atoms with Crippen LogP contribution in [0.5, 0.6) is 0 Å². The van der Waals surface area contributed by atoms with Crippen LogP contribution < -0.4 is 0 Å². The Balaban J connectivity index is 5.08. The van der Waals surface area contributed by atoms with E-state index in [-0.39, 0.29) is 0 Å². The van der Waals surface area contributed by atoms with E-state index in [1.54, 1.807) is 0 Å². The minimum atomic E-state index is -5.99. The fourth-order valence-corrected chi connectivity index (χ4v) is 0.709. The van der Waals surface area contributed by atoms with Crippen molar-refractivity contribution < 1.29 is 26.1 Å². The number of hydrogen-bond donors (Lipinski definition) is 0. The van der Waals surface area contributed by atoms with Crippen molar-refractivity contribution >= 4 is 33.3 Å². The maximum Gasteiger partial charge on any atom is 0.382 e. The van der Waals surface area contributed by atoms with Crippen LogP contribution in [0.4, 0.5) is 13.2 Å². The Kier molecular flexibility index (Phi) is 2.72. The lowest BCUT2D eigenvalue weighted by atomic mass is 10.8. The molecule has 0 aliphatic rings. The van der Waals surface area contributed by atoms with Crippen molar-refractivity contribution in [3.63, 3.8) is 0 Å². The number of rotatable bonds is 2. The van der Waals surface area contributed by atoms with Crippen LogP contribution in [0.15, 0.2) is 0 Å². The van der Waals surface area contributed by atoms with Crippen molar-refractivity contribution in [1.82, 2.24) is 0 Å². The van der Waals surface area contributed by atoms with Gasteiger partial charge in [-0.3, -0.25) is 0 Å². The van der Waals surface area contributed by atoms with E-state index in [0.29, 0.717) is 0 Å². The molecule has 0 saturated carbocycles. The quantitative estimate of drug-likeness (QED) is 0.531. The highest BCUT2D eigenvalue weighted by Crippen LogP contribution is 2.42. The second kappa shape index (κ2) is 2.65. The number of halogens is 5. The van der Waals surface area contributed by atoms with E-state index in [9.17, 15) is 26.1 Å². The molecular weight excluding hydrogens is 232 g/mol. The Hall–Kier alpha value is 0.280. The SMILES string of the molecule is O=S(=O)([O-])C(F)(Cl)C(F)(F)Cl. The Labute approximate surface area is 69.8 Å². The van der Waals surface area contributed by atoms with Gasteiger partial charge in [-0.15, -0.1) is 0 Å². The minimum absolute atomic E-state index is 3.89. The third kappa shape index (κ3) is 2.11. The lowest BCUT2D eigenvalue weighted by Gasteiger charge is -2.24. The summed E-state index contributed by atoms with van der Waals surface area (Å²) in [4.78, 5) is 0. The van der Waals surface area contributed by atoms with Crippen LogP contribution in [0.3, 0.4) is 0 Å². The summed E-state index contributed by atoms with van der Waals surface area (Å²) in [5.74, 6) is 0. The average Bonchev–Trinajstić information content (AvgIpc) is 1.58. The molecular formula is C2Cl2F3O3S-. The summed E-state index contributed by atoms with van der Waals surface area (Å²) < 4.78 is 59.7. The molecule has 0 spiro atoms. The van der Waals surface area contributed by atoms with Gasteiger partial charge in [0.15, 0.2) is 10.1 Å². The van der Waals surface area contributed by atoms with Crippen LogP contribution in [0, 0.1) is 0 Å². The molecule has 0 aliphatic heterocycles. The molecule has 0 N–H and O–H groups in total. The van der Waals surface area contributed by atoms with Crippen LogP contribution in [0.25, 0.3) is 0 Å². The van der Waals surface area contributed by atoms with Crippen molar-refractivity contribution in [3.8, 4) is 0 Å². The zero-order valence-electron chi connectivity index (χ0n) is 4.52. The summed E-state index contributed by atoms with van der Waals surface area (Å²) in [5, 5.41) is -4.95. The van der Waals surface area contributed by atoms with E-state index in [4.69, 9.17) is 0 Å². The van der Waals surface area contributed by atoms with Gasteiger partial charge in [-0.2, -0.15) is 8.78 Å². The van der Waals surface area contributed by atoms with Crippen LogP contribution in [0.2, 0.25) is 0 Å². The highest BCUT2D eigenvalue weighted by atomic mass is 35.5. The van der Waals surface area contributed by atoms with Crippen LogP contribution in [-0.2, 0) is 10.1 Å². The van der Waals surface area contributed by atoms with Gasteiger partial charge >= 0.3 is 9.84 Å². The first kappa shape index (κ1) is 11.3. The van der Waals surface area contributed by atoms with E-state index in [1.807, 2.05) is 0 Å². The monoisotopic (exact) mass is 231 g/mol. The molecule has 9 heteroatoms. The highest BCUT2D eigenvalue weighted by molar-refractivity contribution is 7.88. The van der Waals surface area contributed by atoms with Gasteiger partial charge in [0.2, 0.25) is 0 Å². The Bertz CT molecular complexity index is 242. The lowest BCUT2D eigenvalue weighted by Crippen LogP contribution is -2.41. The largest absolute Gasteiger partial charge is 0.744 e. The zero-order valence-corrected chi connectivity index (χ0v) is 6.85. The second-order valence-corrected chi connectivity index (χ2v) is 4.16. The maximum absolute atomic E-state index is 12.1. The lowest BCUT2D eigenvalue weighted by molar-refractivity contribution is 0.0189. The zero-order chi connectivity index (χ0) is 9.50. The second-order valence-electron chi connectivity index (χ2n) is 1.47. The molecule has 0 aliphatic carbocycles. The van der Waals surface area contributed by atoms with Crippen molar-refractivity contribution in [2.24, 2.45) is 0 Å². The maximum atomic E-state index is 12.1. The topological polar surface area (TPSA) is 57.2 Å². The number of alkyl halides is 5. The van der Waals surface area contributed by atoms with E-state index < -0.39 is 20.0 Å². The highest BCUT2D eigenvalue weighted by Gasteiger charge is 2.58. The van der Waals surface area contributed by atoms with Gasteiger partial charge in [-0.25, -0.2) is 12.8 Å². The molecule has 0 aromatic carbocycles. The first-order valence-corrected chi connectivity index (χ1v) is 4.06. The summed E-state index contributed by atoms with van der Waals surface area (Å²) in [6.45, 7) is 0. The smallest absolute Gasteiger partial charge is 0.382 e. The van der Waals surface area contributed by atoms with E-state index in [1.165, 1.54) is 0 Å². The molecule has 0 aromatic rings. The van der Waals surface area contributed by atoms with Crippen molar-refractivity contribution in [1.29, 1.82) is 0 Å². The Morgan fingerprint density at radius 1 is 1.18 bits per heavy atom. The van der Waals surface area contributed by atoms with Gasteiger partial charge in [0.1, 0.15) is 0 Å².